The fraction of sp³-hybridized carbons (Fsp3) is 0.600. The standard InChI is InChI=1S/C5H9BO4/c1-5(10,2-6)3(7)4(8)9/h10H,2,6H2,1H3,(H,8,9)/t5-/m0/s1. The Morgan fingerprint density at radius 3 is 2.10 bits per heavy atom. The number of aliphatic carboxylic acids is 1. The molecular formula is C5H9BO4. The Morgan fingerprint density at radius 1 is 1.60 bits per heavy atom. The molecule has 0 saturated heterocycles. The van der Waals surface area contributed by atoms with E-state index in [9.17, 15) is 9.59 Å². The van der Waals surface area contributed by atoms with Gasteiger partial charge in [0.25, 0.3) is 5.78 Å². The minimum Gasteiger partial charge on any atom is -0.475 e. The molecule has 0 aliphatic heterocycles. The van der Waals surface area contributed by atoms with Crippen molar-refractivity contribution in [3.05, 3.63) is 0 Å². The number of hydrogen-bond donors (Lipinski definition) is 2. The van der Waals surface area contributed by atoms with Crippen LogP contribution in [0.3, 0.4) is 0 Å². The molecule has 56 valence electrons. The van der Waals surface area contributed by atoms with Gasteiger partial charge in [-0.05, 0) is 13.2 Å². The van der Waals surface area contributed by atoms with E-state index in [-0.39, 0.29) is 6.32 Å². The normalized spacial score (nSPS) is 15.8. The lowest BCUT2D eigenvalue weighted by Crippen LogP contribution is -2.39. The SMILES string of the molecule is BC[C@](C)(O)C(=O)C(=O)O. The first kappa shape index (κ1) is 9.16. The lowest BCUT2D eigenvalue weighted by atomic mass is 9.85. The number of ketones is 1. The first-order chi connectivity index (χ1) is 4.41. The number of carbonyl (C=O) groups is 2. The third-order valence-corrected chi connectivity index (χ3v) is 1.37. The van der Waals surface area contributed by atoms with Gasteiger partial charge in [0.1, 0.15) is 13.4 Å². The molecule has 0 aromatic rings. The molecule has 1 atom stereocenters. The van der Waals surface area contributed by atoms with Crippen LogP contribution in [-0.4, -0.2) is 35.4 Å². The Bertz CT molecular complexity index is 163. The summed E-state index contributed by atoms with van der Waals surface area (Å²) in [6.07, 6.45) is 0.109. The zero-order chi connectivity index (χ0) is 8.36. The molecule has 0 unspecified atom stereocenters. The van der Waals surface area contributed by atoms with E-state index < -0.39 is 17.4 Å². The number of aliphatic hydroxyl groups is 1. The van der Waals surface area contributed by atoms with Gasteiger partial charge in [-0.25, -0.2) is 4.79 Å². The van der Waals surface area contributed by atoms with Crippen LogP contribution in [0.25, 0.3) is 0 Å². The van der Waals surface area contributed by atoms with Crippen LogP contribution in [-0.2, 0) is 9.59 Å². The summed E-state index contributed by atoms with van der Waals surface area (Å²) in [4.78, 5) is 20.5. The summed E-state index contributed by atoms with van der Waals surface area (Å²) in [7, 11) is 1.54. The maximum absolute atomic E-state index is 10.5. The number of carboxylic acids is 1. The van der Waals surface area contributed by atoms with Crippen molar-refractivity contribution in [3.63, 3.8) is 0 Å². The van der Waals surface area contributed by atoms with Crippen LogP contribution < -0.4 is 0 Å². The van der Waals surface area contributed by atoms with Gasteiger partial charge in [-0.1, -0.05) is 0 Å². The molecule has 0 spiro atoms. The Kier molecular flexibility index (Phi) is 2.60. The zero-order valence-electron chi connectivity index (χ0n) is 5.92. The Balaban J connectivity index is 4.33. The van der Waals surface area contributed by atoms with Crippen molar-refractivity contribution in [1.82, 2.24) is 0 Å². The monoisotopic (exact) mass is 144 g/mol. The fourth-order valence-corrected chi connectivity index (χ4v) is 0.391. The molecule has 0 aliphatic rings. The van der Waals surface area contributed by atoms with Crippen molar-refractivity contribution in [2.75, 3.05) is 0 Å². The van der Waals surface area contributed by atoms with E-state index in [0.29, 0.717) is 0 Å². The zero-order valence-corrected chi connectivity index (χ0v) is 5.92. The highest BCUT2D eigenvalue weighted by Crippen LogP contribution is 2.08. The van der Waals surface area contributed by atoms with Crippen LogP contribution >= 0.6 is 0 Å². The molecule has 4 nitrogen and oxygen atoms in total. The molecule has 10 heavy (non-hydrogen) atoms. The molecule has 5 heteroatoms. The summed E-state index contributed by atoms with van der Waals surface area (Å²) in [6, 6.07) is 0. The second kappa shape index (κ2) is 2.83. The van der Waals surface area contributed by atoms with Gasteiger partial charge in [0, 0.05) is 0 Å². The topological polar surface area (TPSA) is 74.6 Å². The van der Waals surface area contributed by atoms with E-state index in [4.69, 9.17) is 10.2 Å². The molecule has 0 aromatic carbocycles. The van der Waals surface area contributed by atoms with E-state index in [1.165, 1.54) is 6.92 Å². The third-order valence-electron chi connectivity index (χ3n) is 1.37. The van der Waals surface area contributed by atoms with Crippen molar-refractivity contribution in [1.29, 1.82) is 0 Å². The fourth-order valence-electron chi connectivity index (χ4n) is 0.391. The van der Waals surface area contributed by atoms with Crippen LogP contribution in [0.2, 0.25) is 6.32 Å². The molecule has 0 rings (SSSR count). The van der Waals surface area contributed by atoms with E-state index in [1.807, 2.05) is 0 Å². The summed E-state index contributed by atoms with van der Waals surface area (Å²) in [5, 5.41) is 17.2. The molecule has 0 bridgehead atoms. The van der Waals surface area contributed by atoms with Gasteiger partial charge in [-0.2, -0.15) is 0 Å². The van der Waals surface area contributed by atoms with Gasteiger partial charge in [0.2, 0.25) is 0 Å². The van der Waals surface area contributed by atoms with Crippen LogP contribution in [0.1, 0.15) is 6.92 Å². The van der Waals surface area contributed by atoms with Crippen molar-refractivity contribution in [2.45, 2.75) is 18.8 Å². The first-order valence-electron chi connectivity index (χ1n) is 2.92. The summed E-state index contributed by atoms with van der Waals surface area (Å²) >= 11 is 0. The second-order valence-corrected chi connectivity index (χ2v) is 2.26. The largest absolute Gasteiger partial charge is 0.475 e. The maximum atomic E-state index is 10.5. The predicted molar refractivity (Wildman–Crippen MR) is 36.6 cm³/mol. The Morgan fingerprint density at radius 2 is 2.00 bits per heavy atom. The lowest BCUT2D eigenvalue weighted by Gasteiger charge is -2.15. The van der Waals surface area contributed by atoms with Crippen molar-refractivity contribution in [2.24, 2.45) is 0 Å². The molecule has 0 aliphatic carbocycles. The van der Waals surface area contributed by atoms with Gasteiger partial charge >= 0.3 is 5.97 Å². The second-order valence-electron chi connectivity index (χ2n) is 2.26. The van der Waals surface area contributed by atoms with Gasteiger partial charge in [0.05, 0.1) is 0 Å². The molecule has 0 aromatic heterocycles. The van der Waals surface area contributed by atoms with Crippen molar-refractivity contribution < 1.29 is 19.8 Å². The molecule has 0 amide bonds. The van der Waals surface area contributed by atoms with Crippen LogP contribution in [0, 0.1) is 0 Å². The van der Waals surface area contributed by atoms with Crippen molar-refractivity contribution in [3.8, 4) is 0 Å². The minimum absolute atomic E-state index is 0.109. The summed E-state index contributed by atoms with van der Waals surface area (Å²) < 4.78 is 0. The van der Waals surface area contributed by atoms with Gasteiger partial charge in [0.15, 0.2) is 0 Å². The molecular weight excluding hydrogens is 135 g/mol. The van der Waals surface area contributed by atoms with E-state index >= 15 is 0 Å². The highest BCUT2D eigenvalue weighted by atomic mass is 16.4. The number of rotatable bonds is 3. The van der Waals surface area contributed by atoms with Crippen LogP contribution in [0.4, 0.5) is 0 Å². The quantitative estimate of drug-likeness (QED) is 0.371. The lowest BCUT2D eigenvalue weighted by molar-refractivity contribution is -0.156. The molecule has 0 saturated carbocycles. The van der Waals surface area contributed by atoms with Gasteiger partial charge in [-0.3, -0.25) is 4.79 Å². The number of hydrogen-bond acceptors (Lipinski definition) is 3. The first-order valence-corrected chi connectivity index (χ1v) is 2.92. The number of carboxylic acid groups (broad SMARTS) is 1. The van der Waals surface area contributed by atoms with Gasteiger partial charge in [-0.15, -0.1) is 0 Å². The van der Waals surface area contributed by atoms with Crippen molar-refractivity contribution >= 4 is 19.6 Å². The van der Waals surface area contributed by atoms with E-state index in [1.54, 1.807) is 7.85 Å². The molecule has 0 radical (unpaired) electrons. The van der Waals surface area contributed by atoms with Crippen LogP contribution in [0.15, 0.2) is 0 Å². The highest BCUT2D eigenvalue weighted by Gasteiger charge is 2.32. The van der Waals surface area contributed by atoms with E-state index in [2.05, 4.69) is 0 Å². The Hall–Kier alpha value is -0.835. The average molecular weight is 144 g/mol. The van der Waals surface area contributed by atoms with E-state index in [0.717, 1.165) is 0 Å². The summed E-state index contributed by atoms with van der Waals surface area (Å²) in [5.74, 6) is -2.75. The maximum Gasteiger partial charge on any atom is 0.375 e. The highest BCUT2D eigenvalue weighted by molar-refractivity contribution is 6.37. The minimum atomic E-state index is -1.72. The predicted octanol–water partition coefficient (Wildman–Crippen LogP) is -1.56. The molecule has 0 heterocycles. The third kappa shape index (κ3) is 1.84. The van der Waals surface area contributed by atoms with Crippen LogP contribution in [0.5, 0.6) is 0 Å². The molecule has 2 N–H and O–H groups in total. The smallest absolute Gasteiger partial charge is 0.375 e. The summed E-state index contributed by atoms with van der Waals surface area (Å²) in [6.45, 7) is 1.18. The number of Topliss-reactive ketones (excluding diaryl/α,β-unsaturated/α-hetero) is 1. The van der Waals surface area contributed by atoms with Gasteiger partial charge < -0.3 is 10.2 Å². The summed E-state index contributed by atoms with van der Waals surface area (Å²) in [5.41, 5.74) is -1.72. The Labute approximate surface area is 59.3 Å². The molecule has 0 fully saturated rings. The average Bonchev–Trinajstić information content (AvgIpc) is 1.86. The number of carbonyl (C=O) groups excluding carboxylic acids is 1.